The van der Waals surface area contributed by atoms with Crippen LogP contribution >= 0.6 is 11.6 Å². The van der Waals surface area contributed by atoms with Gasteiger partial charge >= 0.3 is 0 Å². The van der Waals surface area contributed by atoms with Gasteiger partial charge in [0, 0.05) is 29.8 Å². The minimum atomic E-state index is -3.97. The summed E-state index contributed by atoms with van der Waals surface area (Å²) in [5.74, 6) is -0.863. The predicted molar refractivity (Wildman–Crippen MR) is 68.8 cm³/mol. The van der Waals surface area contributed by atoms with Gasteiger partial charge in [-0.2, -0.15) is 0 Å². The summed E-state index contributed by atoms with van der Waals surface area (Å²) < 4.78 is 45.7. The molecule has 1 aromatic carbocycles. The van der Waals surface area contributed by atoms with Gasteiger partial charge in [-0.15, -0.1) is 0 Å². The number of rotatable bonds is 4. The molecule has 1 aliphatic rings. The number of benzene rings is 1. The van der Waals surface area contributed by atoms with Crippen molar-refractivity contribution >= 4 is 21.6 Å². The highest BCUT2D eigenvalue weighted by Gasteiger charge is 2.27. The van der Waals surface area contributed by atoms with Gasteiger partial charge in [-0.05, 0) is 18.6 Å². The Labute approximate surface area is 115 Å². The highest BCUT2D eigenvalue weighted by Crippen LogP contribution is 2.24. The van der Waals surface area contributed by atoms with Crippen molar-refractivity contribution < 1.29 is 17.5 Å². The molecule has 8 heteroatoms. The van der Waals surface area contributed by atoms with Gasteiger partial charge in [0.05, 0.1) is 6.61 Å². The summed E-state index contributed by atoms with van der Waals surface area (Å²) in [4.78, 5) is -0.479. The lowest BCUT2D eigenvalue weighted by Crippen LogP contribution is -2.35. The SMILES string of the molecule is NCc1cc(Cl)cc(S(=O)(=O)NC2CCOC2)c1F. The zero-order valence-electron chi connectivity index (χ0n) is 10.0. The van der Waals surface area contributed by atoms with E-state index in [1.165, 1.54) is 6.07 Å². The average Bonchev–Trinajstić information content (AvgIpc) is 2.83. The van der Waals surface area contributed by atoms with E-state index in [0.29, 0.717) is 13.0 Å². The van der Waals surface area contributed by atoms with Crippen LogP contribution in [0.5, 0.6) is 0 Å². The van der Waals surface area contributed by atoms with Crippen LogP contribution in [0.1, 0.15) is 12.0 Å². The molecule has 5 nitrogen and oxygen atoms in total. The Morgan fingerprint density at radius 1 is 1.53 bits per heavy atom. The van der Waals surface area contributed by atoms with Crippen LogP contribution in [0.2, 0.25) is 5.02 Å². The van der Waals surface area contributed by atoms with Crippen molar-refractivity contribution in [2.24, 2.45) is 5.73 Å². The average molecular weight is 309 g/mol. The molecule has 0 bridgehead atoms. The molecule has 1 unspecified atom stereocenters. The van der Waals surface area contributed by atoms with E-state index in [-0.39, 0.29) is 29.8 Å². The van der Waals surface area contributed by atoms with Gasteiger partial charge in [-0.25, -0.2) is 17.5 Å². The van der Waals surface area contributed by atoms with Crippen LogP contribution in [0.15, 0.2) is 17.0 Å². The third-order valence-corrected chi connectivity index (χ3v) is 4.58. The van der Waals surface area contributed by atoms with Crippen molar-refractivity contribution in [3.8, 4) is 0 Å². The molecule has 1 fully saturated rings. The lowest BCUT2D eigenvalue weighted by Gasteiger charge is -2.13. The molecule has 0 spiro atoms. The van der Waals surface area contributed by atoms with Crippen LogP contribution in [-0.2, 0) is 21.3 Å². The highest BCUT2D eigenvalue weighted by molar-refractivity contribution is 7.89. The molecule has 3 N–H and O–H groups in total. The predicted octanol–water partition coefficient (Wildman–Crippen LogP) is 1.01. The largest absolute Gasteiger partial charge is 0.380 e. The molecule has 1 heterocycles. The van der Waals surface area contributed by atoms with E-state index < -0.39 is 20.7 Å². The molecule has 1 saturated heterocycles. The molecule has 0 aliphatic carbocycles. The van der Waals surface area contributed by atoms with Crippen LogP contribution in [-0.4, -0.2) is 27.7 Å². The molecule has 106 valence electrons. The number of nitrogens with one attached hydrogen (secondary N) is 1. The second-order valence-electron chi connectivity index (χ2n) is 4.26. The first-order valence-corrected chi connectivity index (χ1v) is 7.58. The zero-order valence-corrected chi connectivity index (χ0v) is 11.6. The fourth-order valence-electron chi connectivity index (χ4n) is 1.87. The van der Waals surface area contributed by atoms with Gasteiger partial charge in [-0.1, -0.05) is 11.6 Å². The smallest absolute Gasteiger partial charge is 0.243 e. The molecule has 0 amide bonds. The van der Waals surface area contributed by atoms with E-state index in [0.717, 1.165) is 6.07 Å². The highest BCUT2D eigenvalue weighted by atomic mass is 35.5. The molecule has 19 heavy (non-hydrogen) atoms. The summed E-state index contributed by atoms with van der Waals surface area (Å²) >= 11 is 5.78. The third kappa shape index (κ3) is 3.24. The summed E-state index contributed by atoms with van der Waals surface area (Å²) in [5, 5.41) is 0.130. The van der Waals surface area contributed by atoms with E-state index in [2.05, 4.69) is 4.72 Å². The van der Waals surface area contributed by atoms with Gasteiger partial charge in [-0.3, -0.25) is 0 Å². The summed E-state index contributed by atoms with van der Waals surface area (Å²) in [7, 11) is -3.97. The fraction of sp³-hybridized carbons (Fsp3) is 0.455. The van der Waals surface area contributed by atoms with Gasteiger partial charge in [0.15, 0.2) is 0 Å². The Balaban J connectivity index is 2.36. The van der Waals surface area contributed by atoms with Crippen LogP contribution in [0.3, 0.4) is 0 Å². The number of sulfonamides is 1. The van der Waals surface area contributed by atoms with Crippen molar-refractivity contribution in [2.75, 3.05) is 13.2 Å². The van der Waals surface area contributed by atoms with E-state index in [4.69, 9.17) is 22.1 Å². The summed E-state index contributed by atoms with van der Waals surface area (Å²) in [6, 6.07) is 2.05. The van der Waals surface area contributed by atoms with Gasteiger partial charge in [0.25, 0.3) is 0 Å². The molecule has 0 saturated carbocycles. The standard InChI is InChI=1S/C11H14ClFN2O3S/c12-8-3-7(5-14)11(13)10(4-8)19(16,17)15-9-1-2-18-6-9/h3-4,9,15H,1-2,5-6,14H2. The van der Waals surface area contributed by atoms with Gasteiger partial charge < -0.3 is 10.5 Å². The Morgan fingerprint density at radius 3 is 2.84 bits per heavy atom. The summed E-state index contributed by atoms with van der Waals surface area (Å²) in [6.45, 7) is 0.645. The van der Waals surface area contributed by atoms with Crippen molar-refractivity contribution in [3.05, 3.63) is 28.5 Å². The summed E-state index contributed by atoms with van der Waals surface area (Å²) in [5.41, 5.74) is 5.43. The minimum absolute atomic E-state index is 0.0653. The third-order valence-electron chi connectivity index (χ3n) is 2.84. The molecule has 0 aromatic heterocycles. The normalized spacial score (nSPS) is 19.8. The van der Waals surface area contributed by atoms with Gasteiger partial charge in [0.1, 0.15) is 10.7 Å². The first-order valence-electron chi connectivity index (χ1n) is 5.72. The van der Waals surface area contributed by atoms with Crippen molar-refractivity contribution in [3.63, 3.8) is 0 Å². The number of halogens is 2. The number of ether oxygens (including phenoxy) is 1. The first-order chi connectivity index (χ1) is 8.94. The maximum Gasteiger partial charge on any atom is 0.243 e. The van der Waals surface area contributed by atoms with E-state index in [9.17, 15) is 12.8 Å². The van der Waals surface area contributed by atoms with E-state index in [1.54, 1.807) is 0 Å². The summed E-state index contributed by atoms with van der Waals surface area (Å²) in [6.07, 6.45) is 0.561. The second-order valence-corrected chi connectivity index (χ2v) is 6.38. The Morgan fingerprint density at radius 2 is 2.26 bits per heavy atom. The topological polar surface area (TPSA) is 81.4 Å². The zero-order chi connectivity index (χ0) is 14.0. The fourth-order valence-corrected chi connectivity index (χ4v) is 3.58. The Hall–Kier alpha value is -0.730. The van der Waals surface area contributed by atoms with Crippen molar-refractivity contribution in [1.82, 2.24) is 4.72 Å². The second kappa shape index (κ2) is 5.72. The molecule has 1 aliphatic heterocycles. The van der Waals surface area contributed by atoms with Crippen molar-refractivity contribution in [1.29, 1.82) is 0 Å². The van der Waals surface area contributed by atoms with E-state index >= 15 is 0 Å². The number of nitrogens with two attached hydrogens (primary N) is 1. The molecule has 1 aromatic rings. The van der Waals surface area contributed by atoms with Crippen LogP contribution in [0, 0.1) is 5.82 Å². The Kier molecular flexibility index (Phi) is 4.42. The number of hydrogen-bond donors (Lipinski definition) is 2. The lowest BCUT2D eigenvalue weighted by molar-refractivity contribution is 0.192. The molecular formula is C11H14ClFN2O3S. The van der Waals surface area contributed by atoms with Crippen molar-refractivity contribution in [2.45, 2.75) is 23.9 Å². The maximum absolute atomic E-state index is 14.0. The molecule has 1 atom stereocenters. The van der Waals surface area contributed by atoms with Crippen LogP contribution < -0.4 is 10.5 Å². The minimum Gasteiger partial charge on any atom is -0.380 e. The monoisotopic (exact) mass is 308 g/mol. The first kappa shape index (κ1) is 14.7. The lowest BCUT2D eigenvalue weighted by atomic mass is 10.2. The molecular weight excluding hydrogens is 295 g/mol. The number of hydrogen-bond acceptors (Lipinski definition) is 4. The molecule has 2 rings (SSSR count). The van der Waals surface area contributed by atoms with Gasteiger partial charge in [0.2, 0.25) is 10.0 Å². The molecule has 0 radical (unpaired) electrons. The quantitative estimate of drug-likeness (QED) is 0.869. The Bertz CT molecular complexity index is 574. The van der Waals surface area contributed by atoms with Crippen LogP contribution in [0.4, 0.5) is 4.39 Å². The van der Waals surface area contributed by atoms with Crippen LogP contribution in [0.25, 0.3) is 0 Å². The van der Waals surface area contributed by atoms with E-state index in [1.807, 2.05) is 0 Å². The maximum atomic E-state index is 14.0.